The van der Waals surface area contributed by atoms with E-state index >= 15 is 0 Å². The van der Waals surface area contributed by atoms with Gasteiger partial charge in [-0.05, 0) is 43.0 Å². The standard InChI is InChI=1S/C18H24N2S2/c1-13-12-14(2)20-17(19-13)22-11-10-21-16-8-6-15(7-9-16)18(3,4)5/h6-9,12H,10-11H2,1-5H3. The molecule has 2 nitrogen and oxygen atoms in total. The Morgan fingerprint density at radius 2 is 1.41 bits per heavy atom. The van der Waals surface area contributed by atoms with Gasteiger partial charge in [0.15, 0.2) is 5.16 Å². The Kier molecular flexibility index (Phi) is 5.93. The number of hydrogen-bond donors (Lipinski definition) is 0. The number of hydrogen-bond acceptors (Lipinski definition) is 4. The molecule has 0 amide bonds. The molecule has 0 saturated heterocycles. The van der Waals surface area contributed by atoms with Crippen LogP contribution in [0.5, 0.6) is 0 Å². The number of rotatable bonds is 5. The minimum Gasteiger partial charge on any atom is -0.228 e. The van der Waals surface area contributed by atoms with Crippen molar-refractivity contribution in [1.82, 2.24) is 9.97 Å². The monoisotopic (exact) mass is 332 g/mol. The minimum absolute atomic E-state index is 0.222. The molecule has 4 heteroatoms. The molecule has 0 N–H and O–H groups in total. The van der Waals surface area contributed by atoms with Crippen LogP contribution in [0.4, 0.5) is 0 Å². The Hall–Kier alpha value is -1.00. The Labute approximate surface area is 142 Å². The summed E-state index contributed by atoms with van der Waals surface area (Å²) in [6, 6.07) is 10.9. The van der Waals surface area contributed by atoms with Crippen molar-refractivity contribution < 1.29 is 0 Å². The highest BCUT2D eigenvalue weighted by Gasteiger charge is 2.12. The molecule has 2 aromatic rings. The van der Waals surface area contributed by atoms with Crippen LogP contribution in [-0.2, 0) is 5.41 Å². The summed E-state index contributed by atoms with van der Waals surface area (Å²) >= 11 is 3.62. The fourth-order valence-corrected chi connectivity index (χ4v) is 3.93. The first-order chi connectivity index (χ1) is 10.3. The third kappa shape index (κ3) is 5.33. The van der Waals surface area contributed by atoms with E-state index in [0.29, 0.717) is 0 Å². The zero-order valence-electron chi connectivity index (χ0n) is 14.0. The van der Waals surface area contributed by atoms with Gasteiger partial charge in [0.2, 0.25) is 0 Å². The van der Waals surface area contributed by atoms with Gasteiger partial charge in [0.25, 0.3) is 0 Å². The van der Waals surface area contributed by atoms with Crippen LogP contribution < -0.4 is 0 Å². The largest absolute Gasteiger partial charge is 0.228 e. The summed E-state index contributed by atoms with van der Waals surface area (Å²) in [6.45, 7) is 10.8. The lowest BCUT2D eigenvalue weighted by molar-refractivity contribution is 0.590. The van der Waals surface area contributed by atoms with Gasteiger partial charge in [0.1, 0.15) is 0 Å². The Morgan fingerprint density at radius 1 is 0.864 bits per heavy atom. The fraction of sp³-hybridized carbons (Fsp3) is 0.444. The van der Waals surface area contributed by atoms with Gasteiger partial charge in [-0.15, -0.1) is 11.8 Å². The van der Waals surface area contributed by atoms with Crippen LogP contribution in [0, 0.1) is 13.8 Å². The summed E-state index contributed by atoms with van der Waals surface area (Å²) < 4.78 is 0. The summed E-state index contributed by atoms with van der Waals surface area (Å²) in [5.41, 5.74) is 3.69. The van der Waals surface area contributed by atoms with Crippen LogP contribution in [0.1, 0.15) is 37.7 Å². The first-order valence-corrected chi connectivity index (χ1v) is 9.50. The molecule has 1 aromatic carbocycles. The molecule has 0 aliphatic rings. The molecule has 0 aliphatic carbocycles. The molecule has 0 atom stereocenters. The van der Waals surface area contributed by atoms with Crippen molar-refractivity contribution in [3.63, 3.8) is 0 Å². The summed E-state index contributed by atoms with van der Waals surface area (Å²) in [6.07, 6.45) is 0. The van der Waals surface area contributed by atoms with Crippen LogP contribution >= 0.6 is 23.5 Å². The molecule has 0 unspecified atom stereocenters. The van der Waals surface area contributed by atoms with Crippen LogP contribution in [0.3, 0.4) is 0 Å². The van der Waals surface area contributed by atoms with Crippen molar-refractivity contribution in [2.75, 3.05) is 11.5 Å². The zero-order chi connectivity index (χ0) is 16.2. The predicted octanol–water partition coefficient (Wildman–Crippen LogP) is 5.28. The highest BCUT2D eigenvalue weighted by atomic mass is 32.2. The molecule has 1 aromatic heterocycles. The van der Waals surface area contributed by atoms with Crippen molar-refractivity contribution in [2.24, 2.45) is 0 Å². The lowest BCUT2D eigenvalue weighted by Gasteiger charge is -2.19. The molecule has 2 rings (SSSR count). The maximum Gasteiger partial charge on any atom is 0.188 e. The van der Waals surface area contributed by atoms with Gasteiger partial charge in [-0.1, -0.05) is 44.7 Å². The first-order valence-electron chi connectivity index (χ1n) is 7.53. The van der Waals surface area contributed by atoms with Crippen LogP contribution in [0.2, 0.25) is 0 Å². The average molecular weight is 333 g/mol. The van der Waals surface area contributed by atoms with Gasteiger partial charge < -0.3 is 0 Å². The fourth-order valence-electron chi connectivity index (χ4n) is 2.10. The third-order valence-electron chi connectivity index (χ3n) is 3.27. The van der Waals surface area contributed by atoms with E-state index in [0.717, 1.165) is 28.0 Å². The Bertz CT molecular complexity index is 596. The van der Waals surface area contributed by atoms with E-state index in [4.69, 9.17) is 0 Å². The second-order valence-corrected chi connectivity index (χ2v) is 8.63. The summed E-state index contributed by atoms with van der Waals surface area (Å²) in [7, 11) is 0. The van der Waals surface area contributed by atoms with Gasteiger partial charge in [0.05, 0.1) is 0 Å². The highest BCUT2D eigenvalue weighted by Crippen LogP contribution is 2.26. The van der Waals surface area contributed by atoms with E-state index in [1.165, 1.54) is 10.5 Å². The number of thioether (sulfide) groups is 2. The van der Waals surface area contributed by atoms with Crippen molar-refractivity contribution in [3.8, 4) is 0 Å². The van der Waals surface area contributed by atoms with E-state index < -0.39 is 0 Å². The molecule has 0 bridgehead atoms. The molecule has 0 aliphatic heterocycles. The highest BCUT2D eigenvalue weighted by molar-refractivity contribution is 8.02. The molecule has 0 spiro atoms. The molecular formula is C18H24N2S2. The number of aromatic nitrogens is 2. The van der Waals surface area contributed by atoms with Crippen molar-refractivity contribution in [3.05, 3.63) is 47.3 Å². The molecule has 0 saturated carbocycles. The van der Waals surface area contributed by atoms with Gasteiger partial charge in [0, 0.05) is 27.8 Å². The smallest absolute Gasteiger partial charge is 0.188 e. The summed E-state index contributed by atoms with van der Waals surface area (Å²) in [5, 5.41) is 0.890. The van der Waals surface area contributed by atoms with E-state index in [1.54, 1.807) is 11.8 Å². The number of aryl methyl sites for hydroxylation is 2. The third-order valence-corrected chi connectivity index (χ3v) is 5.39. The van der Waals surface area contributed by atoms with Crippen LogP contribution in [-0.4, -0.2) is 21.5 Å². The lowest BCUT2D eigenvalue weighted by atomic mass is 9.87. The van der Waals surface area contributed by atoms with Crippen molar-refractivity contribution >= 4 is 23.5 Å². The first kappa shape index (κ1) is 17.4. The second kappa shape index (κ2) is 7.51. The predicted molar refractivity (Wildman–Crippen MR) is 98.1 cm³/mol. The number of benzene rings is 1. The topological polar surface area (TPSA) is 25.8 Å². The SMILES string of the molecule is Cc1cc(C)nc(SCCSc2ccc(C(C)(C)C)cc2)n1. The van der Waals surface area contributed by atoms with Crippen molar-refractivity contribution in [2.45, 2.75) is 50.1 Å². The molecule has 118 valence electrons. The van der Waals surface area contributed by atoms with Gasteiger partial charge in [-0.2, -0.15) is 0 Å². The van der Waals surface area contributed by atoms with E-state index in [2.05, 4.69) is 55.0 Å². The lowest BCUT2D eigenvalue weighted by Crippen LogP contribution is -2.10. The maximum absolute atomic E-state index is 4.46. The van der Waals surface area contributed by atoms with Gasteiger partial charge in [-0.3, -0.25) is 0 Å². The molecule has 0 fully saturated rings. The number of nitrogens with zero attached hydrogens (tertiary/aromatic N) is 2. The van der Waals surface area contributed by atoms with E-state index in [1.807, 2.05) is 31.7 Å². The van der Waals surface area contributed by atoms with Gasteiger partial charge >= 0.3 is 0 Å². The van der Waals surface area contributed by atoms with Crippen molar-refractivity contribution in [1.29, 1.82) is 0 Å². The van der Waals surface area contributed by atoms with Crippen LogP contribution in [0.25, 0.3) is 0 Å². The Morgan fingerprint density at radius 3 is 1.95 bits per heavy atom. The van der Waals surface area contributed by atoms with Gasteiger partial charge in [-0.25, -0.2) is 9.97 Å². The average Bonchev–Trinajstić information content (AvgIpc) is 2.42. The molecule has 0 radical (unpaired) electrons. The second-order valence-electron chi connectivity index (χ2n) is 6.40. The maximum atomic E-state index is 4.46. The molecule has 22 heavy (non-hydrogen) atoms. The quantitative estimate of drug-likeness (QED) is 0.423. The van der Waals surface area contributed by atoms with E-state index in [-0.39, 0.29) is 5.41 Å². The molecule has 1 heterocycles. The summed E-state index contributed by atoms with van der Waals surface area (Å²) in [4.78, 5) is 10.2. The minimum atomic E-state index is 0.222. The Balaban J connectivity index is 1.81. The summed E-state index contributed by atoms with van der Waals surface area (Å²) in [5.74, 6) is 2.09. The molecular weight excluding hydrogens is 308 g/mol. The zero-order valence-corrected chi connectivity index (χ0v) is 15.6. The normalized spacial score (nSPS) is 11.7. The van der Waals surface area contributed by atoms with E-state index in [9.17, 15) is 0 Å². The van der Waals surface area contributed by atoms with Crippen LogP contribution in [0.15, 0.2) is 40.4 Å².